The van der Waals surface area contributed by atoms with Crippen molar-refractivity contribution in [2.24, 2.45) is 0 Å². The molecule has 0 spiro atoms. The first-order chi connectivity index (χ1) is 9.70. The Labute approximate surface area is 120 Å². The van der Waals surface area contributed by atoms with Crippen LogP contribution in [0.3, 0.4) is 0 Å². The number of likely N-dealkylation sites (tertiary alicyclic amines) is 1. The van der Waals surface area contributed by atoms with Crippen molar-refractivity contribution in [2.45, 2.75) is 39.2 Å². The van der Waals surface area contributed by atoms with Gasteiger partial charge in [0.15, 0.2) is 5.82 Å². The Hall–Kier alpha value is -1.83. The Morgan fingerprint density at radius 3 is 3.10 bits per heavy atom. The smallest absolute Gasteiger partial charge is 0.268 e. The standard InChI is InChI=1S/C12H15N5O2S/c1-3-8-10(20-16-14-8)12(18)17-6-4-5-9(17)11-13-7(2)19-15-11/h9H,3-6H2,1-2H3/t9-/m1/s1. The minimum atomic E-state index is -0.105. The van der Waals surface area contributed by atoms with E-state index in [0.29, 0.717) is 29.6 Å². The van der Waals surface area contributed by atoms with E-state index in [1.54, 1.807) is 11.8 Å². The largest absolute Gasteiger partial charge is 0.340 e. The molecule has 1 aliphatic heterocycles. The van der Waals surface area contributed by atoms with Gasteiger partial charge in [-0.05, 0) is 30.8 Å². The SMILES string of the molecule is CCc1nnsc1C(=O)N1CCC[C@@H]1c1noc(C)n1. The molecule has 0 N–H and O–H groups in total. The summed E-state index contributed by atoms with van der Waals surface area (Å²) in [6, 6.07) is -0.105. The van der Waals surface area contributed by atoms with E-state index in [1.165, 1.54) is 0 Å². The van der Waals surface area contributed by atoms with Crippen LogP contribution in [0.5, 0.6) is 0 Å². The highest BCUT2D eigenvalue weighted by molar-refractivity contribution is 7.08. The minimum Gasteiger partial charge on any atom is -0.340 e. The van der Waals surface area contributed by atoms with Crippen molar-refractivity contribution in [3.05, 3.63) is 22.3 Å². The molecule has 1 atom stereocenters. The van der Waals surface area contributed by atoms with Crippen LogP contribution in [0.2, 0.25) is 0 Å². The maximum Gasteiger partial charge on any atom is 0.268 e. The van der Waals surface area contributed by atoms with E-state index in [1.807, 2.05) is 6.92 Å². The first kappa shape index (κ1) is 13.2. The molecule has 1 aliphatic rings. The third kappa shape index (κ3) is 2.20. The third-order valence-electron chi connectivity index (χ3n) is 3.44. The van der Waals surface area contributed by atoms with Gasteiger partial charge < -0.3 is 9.42 Å². The van der Waals surface area contributed by atoms with Gasteiger partial charge in [-0.1, -0.05) is 16.6 Å². The number of hydrogen-bond donors (Lipinski definition) is 0. The predicted molar refractivity (Wildman–Crippen MR) is 71.3 cm³/mol. The monoisotopic (exact) mass is 293 g/mol. The molecule has 106 valence electrons. The van der Waals surface area contributed by atoms with Crippen molar-refractivity contribution in [2.75, 3.05) is 6.54 Å². The van der Waals surface area contributed by atoms with Crippen LogP contribution in [0.15, 0.2) is 4.52 Å². The second kappa shape index (κ2) is 5.28. The molecule has 3 rings (SSSR count). The number of carbonyl (C=O) groups is 1. The van der Waals surface area contributed by atoms with Gasteiger partial charge in [-0.3, -0.25) is 4.79 Å². The summed E-state index contributed by atoms with van der Waals surface area (Å²) in [6.07, 6.45) is 2.51. The van der Waals surface area contributed by atoms with Crippen LogP contribution in [0.1, 0.15) is 52.9 Å². The van der Waals surface area contributed by atoms with Gasteiger partial charge in [-0.25, -0.2) is 0 Å². The Balaban J connectivity index is 1.87. The van der Waals surface area contributed by atoms with Crippen molar-refractivity contribution in [1.82, 2.24) is 24.6 Å². The summed E-state index contributed by atoms with van der Waals surface area (Å²) in [4.78, 5) is 19.3. The lowest BCUT2D eigenvalue weighted by Crippen LogP contribution is -2.31. The van der Waals surface area contributed by atoms with Crippen LogP contribution >= 0.6 is 11.5 Å². The van der Waals surface area contributed by atoms with Crippen LogP contribution in [-0.2, 0) is 6.42 Å². The number of nitrogens with zero attached hydrogens (tertiary/aromatic N) is 5. The molecule has 1 saturated heterocycles. The number of rotatable bonds is 3. The highest BCUT2D eigenvalue weighted by Gasteiger charge is 2.35. The normalized spacial score (nSPS) is 18.7. The molecule has 0 bridgehead atoms. The van der Waals surface area contributed by atoms with Crippen molar-refractivity contribution >= 4 is 17.4 Å². The van der Waals surface area contributed by atoms with Crippen LogP contribution in [0.4, 0.5) is 0 Å². The van der Waals surface area contributed by atoms with E-state index in [9.17, 15) is 4.79 Å². The summed E-state index contributed by atoms with van der Waals surface area (Å²) >= 11 is 1.15. The van der Waals surface area contributed by atoms with Crippen molar-refractivity contribution in [3.8, 4) is 0 Å². The lowest BCUT2D eigenvalue weighted by atomic mass is 10.2. The van der Waals surface area contributed by atoms with E-state index in [4.69, 9.17) is 4.52 Å². The van der Waals surface area contributed by atoms with Gasteiger partial charge in [0.05, 0.1) is 11.7 Å². The fraction of sp³-hybridized carbons (Fsp3) is 0.583. The summed E-state index contributed by atoms with van der Waals surface area (Å²) in [5, 5.41) is 7.95. The van der Waals surface area contributed by atoms with Crippen molar-refractivity contribution in [3.63, 3.8) is 0 Å². The van der Waals surface area contributed by atoms with Crippen LogP contribution < -0.4 is 0 Å². The fourth-order valence-electron chi connectivity index (χ4n) is 2.46. The second-order valence-electron chi connectivity index (χ2n) is 4.73. The van der Waals surface area contributed by atoms with Crippen molar-refractivity contribution < 1.29 is 9.32 Å². The summed E-state index contributed by atoms with van der Waals surface area (Å²) < 4.78 is 8.90. The Morgan fingerprint density at radius 1 is 1.55 bits per heavy atom. The number of aryl methyl sites for hydroxylation is 2. The maximum atomic E-state index is 12.6. The third-order valence-corrected chi connectivity index (χ3v) is 4.20. The molecule has 0 radical (unpaired) electrons. The number of carbonyl (C=O) groups excluding carboxylic acids is 1. The van der Waals surface area contributed by atoms with E-state index in [-0.39, 0.29) is 11.9 Å². The van der Waals surface area contributed by atoms with Crippen molar-refractivity contribution in [1.29, 1.82) is 0 Å². The molecule has 3 heterocycles. The molecule has 0 aromatic carbocycles. The van der Waals surface area contributed by atoms with Crippen LogP contribution in [0.25, 0.3) is 0 Å². The lowest BCUT2D eigenvalue weighted by Gasteiger charge is -2.21. The van der Waals surface area contributed by atoms with E-state index < -0.39 is 0 Å². The second-order valence-corrected chi connectivity index (χ2v) is 5.48. The van der Waals surface area contributed by atoms with Gasteiger partial charge in [-0.15, -0.1) is 5.10 Å². The van der Waals surface area contributed by atoms with Gasteiger partial charge in [0.25, 0.3) is 5.91 Å². The summed E-state index contributed by atoms with van der Waals surface area (Å²) in [5.41, 5.74) is 0.759. The van der Waals surface area contributed by atoms with Crippen LogP contribution in [0, 0.1) is 6.92 Å². The molecule has 0 aliphatic carbocycles. The van der Waals surface area contributed by atoms with Crippen LogP contribution in [-0.4, -0.2) is 37.1 Å². The zero-order valence-electron chi connectivity index (χ0n) is 11.4. The zero-order chi connectivity index (χ0) is 14.1. The van der Waals surface area contributed by atoms with Gasteiger partial charge in [0.2, 0.25) is 5.89 Å². The van der Waals surface area contributed by atoms with Gasteiger partial charge in [0, 0.05) is 13.5 Å². The molecule has 1 fully saturated rings. The van der Waals surface area contributed by atoms with Gasteiger partial charge in [-0.2, -0.15) is 4.98 Å². The van der Waals surface area contributed by atoms with E-state index in [0.717, 1.165) is 30.1 Å². The van der Waals surface area contributed by atoms with Gasteiger partial charge >= 0.3 is 0 Å². The molecular formula is C12H15N5O2S. The molecule has 7 nitrogen and oxygen atoms in total. The Kier molecular flexibility index (Phi) is 3.47. The molecule has 2 aromatic heterocycles. The number of aromatic nitrogens is 4. The molecule has 1 amide bonds. The predicted octanol–water partition coefficient (Wildman–Crippen LogP) is 1.77. The van der Waals surface area contributed by atoms with E-state index >= 15 is 0 Å². The first-order valence-corrected chi connectivity index (χ1v) is 7.40. The number of hydrogen-bond acceptors (Lipinski definition) is 7. The maximum absolute atomic E-state index is 12.6. The molecule has 0 unspecified atom stereocenters. The zero-order valence-corrected chi connectivity index (χ0v) is 12.2. The molecule has 0 saturated carbocycles. The highest BCUT2D eigenvalue weighted by atomic mass is 32.1. The summed E-state index contributed by atoms with van der Waals surface area (Å²) in [6.45, 7) is 4.43. The summed E-state index contributed by atoms with van der Waals surface area (Å²) in [5.74, 6) is 1.08. The Morgan fingerprint density at radius 2 is 2.40 bits per heavy atom. The quantitative estimate of drug-likeness (QED) is 0.857. The fourth-order valence-corrected chi connectivity index (χ4v) is 3.17. The minimum absolute atomic E-state index is 0.0261. The summed E-state index contributed by atoms with van der Waals surface area (Å²) in [7, 11) is 0. The number of amides is 1. The molecule has 8 heteroatoms. The van der Waals surface area contributed by atoms with E-state index in [2.05, 4.69) is 19.7 Å². The average Bonchev–Trinajstić information content (AvgIpc) is 3.17. The first-order valence-electron chi connectivity index (χ1n) is 6.63. The molecule has 20 heavy (non-hydrogen) atoms. The van der Waals surface area contributed by atoms with Gasteiger partial charge in [0.1, 0.15) is 4.88 Å². The molecule has 2 aromatic rings. The Bertz CT molecular complexity index is 623. The topological polar surface area (TPSA) is 85.0 Å². The lowest BCUT2D eigenvalue weighted by molar-refractivity contribution is 0.0732. The molecular weight excluding hydrogens is 278 g/mol. The average molecular weight is 293 g/mol. The highest BCUT2D eigenvalue weighted by Crippen LogP contribution is 2.32.